The lowest BCUT2D eigenvalue weighted by Gasteiger charge is -2.09. The van der Waals surface area contributed by atoms with Gasteiger partial charge in [0.2, 0.25) is 5.91 Å². The van der Waals surface area contributed by atoms with Crippen LogP contribution in [-0.4, -0.2) is 28.4 Å². The quantitative estimate of drug-likeness (QED) is 0.646. The summed E-state index contributed by atoms with van der Waals surface area (Å²) in [6.07, 6.45) is 0. The molecule has 1 N–H and O–H groups in total. The number of aryl methyl sites for hydroxylation is 1. The summed E-state index contributed by atoms with van der Waals surface area (Å²) < 4.78 is 10.1. The Labute approximate surface area is 160 Å². The summed E-state index contributed by atoms with van der Waals surface area (Å²) in [5.74, 6) is 2.49. The molecule has 2 heterocycles. The Hall–Kier alpha value is -2.32. The van der Waals surface area contributed by atoms with Gasteiger partial charge in [0.15, 0.2) is 5.82 Å². The first-order valence-electron chi connectivity index (χ1n) is 8.00. The second-order valence-corrected chi connectivity index (χ2v) is 7.83. The predicted molar refractivity (Wildman–Crippen MR) is 105 cm³/mol. The molecule has 8 heteroatoms. The zero-order chi connectivity index (χ0) is 18.5. The van der Waals surface area contributed by atoms with Crippen LogP contribution < -0.4 is 10.1 Å². The third-order valence-corrected chi connectivity index (χ3v) is 5.74. The number of hydrogen-bond donors (Lipinski definition) is 1. The molecule has 0 aliphatic heterocycles. The van der Waals surface area contributed by atoms with E-state index < -0.39 is 0 Å². The fourth-order valence-electron chi connectivity index (χ4n) is 2.18. The topological polar surface area (TPSA) is 77.2 Å². The molecule has 1 amide bonds. The highest BCUT2D eigenvalue weighted by molar-refractivity contribution is 7.99. The number of nitrogens with zero attached hydrogens (tertiary/aromatic N) is 2. The number of benzene rings is 1. The van der Waals surface area contributed by atoms with Gasteiger partial charge in [-0.25, -0.2) is 4.98 Å². The van der Waals surface area contributed by atoms with Gasteiger partial charge in [-0.3, -0.25) is 4.79 Å². The smallest absolute Gasteiger partial charge is 0.238 e. The number of ether oxygens (including phenoxy) is 1. The molecule has 0 fully saturated rings. The first-order valence-corrected chi connectivity index (χ1v) is 9.92. The molecule has 26 heavy (non-hydrogen) atoms. The van der Waals surface area contributed by atoms with Crippen molar-refractivity contribution in [1.29, 1.82) is 0 Å². The van der Waals surface area contributed by atoms with Crippen molar-refractivity contribution in [2.75, 3.05) is 12.4 Å². The van der Waals surface area contributed by atoms with Gasteiger partial charge < -0.3 is 14.6 Å². The number of thioether (sulfide) groups is 1. The standard InChI is InChI=1S/C18H19N3O3S2/c1-11-8-16(21-24-11)20-17(22)12(2)25-9-14-10-26-18(19-14)13-4-6-15(23-3)7-5-13/h4-8,10,12H,9H2,1-3H3,(H,20,21,22)/t12-/m1/s1. The highest BCUT2D eigenvalue weighted by Crippen LogP contribution is 2.28. The predicted octanol–water partition coefficient (Wildman–Crippen LogP) is 4.38. The minimum absolute atomic E-state index is 0.103. The van der Waals surface area contributed by atoms with Gasteiger partial charge >= 0.3 is 0 Å². The molecule has 0 bridgehead atoms. The van der Waals surface area contributed by atoms with Gasteiger partial charge in [-0.15, -0.1) is 23.1 Å². The van der Waals surface area contributed by atoms with E-state index in [9.17, 15) is 4.79 Å². The van der Waals surface area contributed by atoms with Crippen molar-refractivity contribution in [3.63, 3.8) is 0 Å². The molecular formula is C18H19N3O3S2. The number of carbonyl (C=O) groups excluding carboxylic acids is 1. The second kappa shape index (κ2) is 8.37. The number of rotatable bonds is 7. The minimum atomic E-state index is -0.224. The van der Waals surface area contributed by atoms with Crippen LogP contribution in [0, 0.1) is 6.92 Å². The molecule has 136 valence electrons. The van der Waals surface area contributed by atoms with Crippen molar-refractivity contribution >= 4 is 34.8 Å². The van der Waals surface area contributed by atoms with Crippen LogP contribution in [-0.2, 0) is 10.5 Å². The van der Waals surface area contributed by atoms with Crippen molar-refractivity contribution in [3.05, 3.63) is 47.2 Å². The maximum atomic E-state index is 12.2. The summed E-state index contributed by atoms with van der Waals surface area (Å²) in [7, 11) is 1.65. The highest BCUT2D eigenvalue weighted by Gasteiger charge is 2.16. The van der Waals surface area contributed by atoms with Gasteiger partial charge in [0.25, 0.3) is 0 Å². The normalized spacial score (nSPS) is 12.0. The zero-order valence-corrected chi connectivity index (χ0v) is 16.3. The number of aromatic nitrogens is 2. The first kappa shape index (κ1) is 18.5. The van der Waals surface area contributed by atoms with E-state index >= 15 is 0 Å². The van der Waals surface area contributed by atoms with Crippen LogP contribution in [0.25, 0.3) is 10.6 Å². The maximum Gasteiger partial charge on any atom is 0.238 e. The monoisotopic (exact) mass is 389 g/mol. The SMILES string of the molecule is COc1ccc(-c2nc(CS[C@H](C)C(=O)Nc3cc(C)on3)cs2)cc1. The summed E-state index contributed by atoms with van der Waals surface area (Å²) in [6.45, 7) is 3.65. The molecule has 0 unspecified atom stereocenters. The van der Waals surface area contributed by atoms with Crippen LogP contribution in [0.5, 0.6) is 5.75 Å². The number of nitrogens with one attached hydrogen (secondary N) is 1. The van der Waals surface area contributed by atoms with E-state index in [2.05, 4.69) is 15.5 Å². The Kier molecular flexibility index (Phi) is 5.95. The summed E-state index contributed by atoms with van der Waals surface area (Å²) in [5.41, 5.74) is 2.02. The molecule has 3 aromatic rings. The van der Waals surface area contributed by atoms with Crippen LogP contribution >= 0.6 is 23.1 Å². The fourth-order valence-corrected chi connectivity index (χ4v) is 3.89. The molecule has 1 aromatic carbocycles. The van der Waals surface area contributed by atoms with Gasteiger partial charge in [0, 0.05) is 22.8 Å². The van der Waals surface area contributed by atoms with Gasteiger partial charge in [-0.05, 0) is 38.1 Å². The average Bonchev–Trinajstić information content (AvgIpc) is 3.28. The van der Waals surface area contributed by atoms with E-state index in [1.54, 1.807) is 31.4 Å². The van der Waals surface area contributed by atoms with Crippen molar-refractivity contribution in [2.24, 2.45) is 0 Å². The highest BCUT2D eigenvalue weighted by atomic mass is 32.2. The number of anilines is 1. The number of amides is 1. The molecule has 6 nitrogen and oxygen atoms in total. The molecule has 2 aromatic heterocycles. The summed E-state index contributed by atoms with van der Waals surface area (Å²) in [6, 6.07) is 9.51. The Morgan fingerprint density at radius 1 is 1.38 bits per heavy atom. The molecule has 0 saturated heterocycles. The zero-order valence-electron chi connectivity index (χ0n) is 14.7. The summed E-state index contributed by atoms with van der Waals surface area (Å²) in [5, 5.41) is 9.28. The number of hydrogen-bond acceptors (Lipinski definition) is 7. The largest absolute Gasteiger partial charge is 0.497 e. The Morgan fingerprint density at radius 3 is 2.81 bits per heavy atom. The van der Waals surface area contributed by atoms with Crippen LogP contribution in [0.4, 0.5) is 5.82 Å². The van der Waals surface area contributed by atoms with E-state index in [-0.39, 0.29) is 11.2 Å². The molecule has 0 radical (unpaired) electrons. The van der Waals surface area contributed by atoms with Crippen molar-refractivity contribution in [2.45, 2.75) is 24.9 Å². The van der Waals surface area contributed by atoms with Crippen LogP contribution in [0.3, 0.4) is 0 Å². The lowest BCUT2D eigenvalue weighted by molar-refractivity contribution is -0.115. The number of carbonyl (C=O) groups is 1. The van der Waals surface area contributed by atoms with Crippen LogP contribution in [0.1, 0.15) is 18.4 Å². The van der Waals surface area contributed by atoms with E-state index in [1.807, 2.05) is 36.6 Å². The van der Waals surface area contributed by atoms with Crippen molar-refractivity contribution in [1.82, 2.24) is 10.1 Å². The lowest BCUT2D eigenvalue weighted by atomic mass is 10.2. The van der Waals surface area contributed by atoms with E-state index in [1.165, 1.54) is 11.8 Å². The molecule has 0 aliphatic carbocycles. The third kappa shape index (κ3) is 4.64. The van der Waals surface area contributed by atoms with E-state index in [0.717, 1.165) is 22.0 Å². The fraction of sp³-hybridized carbons (Fsp3) is 0.278. The Bertz CT molecular complexity index is 874. The molecule has 0 spiro atoms. The maximum absolute atomic E-state index is 12.2. The van der Waals surface area contributed by atoms with E-state index in [0.29, 0.717) is 17.3 Å². The third-order valence-electron chi connectivity index (χ3n) is 3.62. The lowest BCUT2D eigenvalue weighted by Crippen LogP contribution is -2.22. The summed E-state index contributed by atoms with van der Waals surface area (Å²) >= 11 is 3.13. The van der Waals surface area contributed by atoms with Crippen molar-refractivity contribution < 1.29 is 14.1 Å². The van der Waals surface area contributed by atoms with Crippen LogP contribution in [0.2, 0.25) is 0 Å². The Morgan fingerprint density at radius 2 is 2.15 bits per heavy atom. The van der Waals surface area contributed by atoms with Gasteiger partial charge in [0.1, 0.15) is 16.5 Å². The first-order chi connectivity index (χ1) is 12.5. The van der Waals surface area contributed by atoms with Gasteiger partial charge in [-0.1, -0.05) is 5.16 Å². The van der Waals surface area contributed by atoms with Crippen molar-refractivity contribution in [3.8, 4) is 16.3 Å². The second-order valence-electron chi connectivity index (χ2n) is 5.64. The average molecular weight is 390 g/mol. The summed E-state index contributed by atoms with van der Waals surface area (Å²) in [4.78, 5) is 16.8. The Balaban J connectivity index is 1.54. The van der Waals surface area contributed by atoms with Crippen LogP contribution in [0.15, 0.2) is 40.2 Å². The molecule has 0 aliphatic rings. The molecule has 1 atom stereocenters. The molecule has 0 saturated carbocycles. The van der Waals surface area contributed by atoms with Gasteiger partial charge in [0.05, 0.1) is 18.1 Å². The molecular weight excluding hydrogens is 370 g/mol. The number of thiazole rings is 1. The van der Waals surface area contributed by atoms with E-state index in [4.69, 9.17) is 9.26 Å². The number of methoxy groups -OCH3 is 1. The molecule has 3 rings (SSSR count). The van der Waals surface area contributed by atoms with Gasteiger partial charge in [-0.2, -0.15) is 0 Å². The minimum Gasteiger partial charge on any atom is -0.497 e.